The van der Waals surface area contributed by atoms with Crippen molar-refractivity contribution in [2.75, 3.05) is 0 Å². The molecule has 3 fully saturated rings. The van der Waals surface area contributed by atoms with Gasteiger partial charge in [-0.05, 0) is 56.3 Å². The average molecular weight is 220 g/mol. The van der Waals surface area contributed by atoms with Gasteiger partial charge < -0.3 is 5.11 Å². The van der Waals surface area contributed by atoms with Gasteiger partial charge in [-0.1, -0.05) is 30.9 Å². The number of aliphatic hydroxyl groups is 1. The van der Waals surface area contributed by atoms with Gasteiger partial charge in [0.15, 0.2) is 0 Å². The number of rotatable bonds is 1. The van der Waals surface area contributed by atoms with Crippen molar-refractivity contribution in [3.8, 4) is 0 Å². The van der Waals surface area contributed by atoms with Crippen molar-refractivity contribution >= 4 is 0 Å². The predicted octanol–water partition coefficient (Wildman–Crippen LogP) is 3.67. The maximum atomic E-state index is 9.30. The van der Waals surface area contributed by atoms with Crippen LogP contribution in [0.5, 0.6) is 0 Å². The van der Waals surface area contributed by atoms with Gasteiger partial charge in [0, 0.05) is 0 Å². The van der Waals surface area contributed by atoms with Crippen molar-refractivity contribution in [2.45, 2.75) is 64.4 Å². The molecule has 0 amide bonds. The molecule has 3 saturated carbocycles. The number of hydrogen-bond donors (Lipinski definition) is 1. The van der Waals surface area contributed by atoms with Gasteiger partial charge in [-0.15, -0.1) is 0 Å². The van der Waals surface area contributed by atoms with E-state index >= 15 is 0 Å². The first-order valence-corrected chi connectivity index (χ1v) is 7.10. The Morgan fingerprint density at radius 2 is 1.38 bits per heavy atom. The highest BCUT2D eigenvalue weighted by atomic mass is 16.3. The number of aliphatic hydroxyl groups excluding tert-OH is 1. The van der Waals surface area contributed by atoms with Crippen molar-refractivity contribution < 1.29 is 5.11 Å². The normalized spacial score (nSPS) is 43.9. The van der Waals surface area contributed by atoms with E-state index in [1.807, 2.05) is 0 Å². The Bertz CT molecular complexity index is 281. The third-order valence-corrected chi connectivity index (χ3v) is 5.21. The highest BCUT2D eigenvalue weighted by Crippen LogP contribution is 2.48. The highest BCUT2D eigenvalue weighted by molar-refractivity contribution is 5.28. The lowest BCUT2D eigenvalue weighted by Gasteiger charge is -2.42. The summed E-state index contributed by atoms with van der Waals surface area (Å²) >= 11 is 0. The molecule has 1 N–H and O–H groups in total. The summed E-state index contributed by atoms with van der Waals surface area (Å²) in [6.07, 6.45) is 10.6. The van der Waals surface area contributed by atoms with Crippen LogP contribution < -0.4 is 0 Å². The molecule has 0 saturated heterocycles. The molecule has 0 aliphatic heterocycles. The minimum absolute atomic E-state index is 0.00270. The molecule has 3 rings (SSSR count). The second kappa shape index (κ2) is 4.18. The number of hydrogen-bond acceptors (Lipinski definition) is 1. The molecule has 0 unspecified atom stereocenters. The molecule has 1 nitrogen and oxygen atoms in total. The molecule has 3 aliphatic carbocycles. The number of allylic oxidation sites excluding steroid dienone is 1. The van der Waals surface area contributed by atoms with Gasteiger partial charge in [0.1, 0.15) is 0 Å². The SMILES string of the molecule is C[C@H]1CC[C@H](C2CC(=C3CC(O)C3)C2)CC1. The predicted molar refractivity (Wildman–Crippen MR) is 66.1 cm³/mol. The van der Waals surface area contributed by atoms with E-state index in [4.69, 9.17) is 0 Å². The summed E-state index contributed by atoms with van der Waals surface area (Å²) in [4.78, 5) is 0. The minimum Gasteiger partial charge on any atom is -0.392 e. The molecule has 0 spiro atoms. The quantitative estimate of drug-likeness (QED) is 0.668. The van der Waals surface area contributed by atoms with Crippen LogP contribution in [0.4, 0.5) is 0 Å². The van der Waals surface area contributed by atoms with Crippen LogP contribution in [0.3, 0.4) is 0 Å². The van der Waals surface area contributed by atoms with Gasteiger partial charge in [0.2, 0.25) is 0 Å². The molecule has 16 heavy (non-hydrogen) atoms. The average Bonchev–Trinajstić information content (AvgIpc) is 2.16. The monoisotopic (exact) mass is 220 g/mol. The molecule has 0 aromatic heterocycles. The smallest absolute Gasteiger partial charge is 0.0614 e. The Hall–Kier alpha value is -0.300. The van der Waals surface area contributed by atoms with Gasteiger partial charge in [-0.3, -0.25) is 0 Å². The molecular formula is C15H24O. The highest BCUT2D eigenvalue weighted by Gasteiger charge is 2.36. The van der Waals surface area contributed by atoms with E-state index < -0.39 is 0 Å². The van der Waals surface area contributed by atoms with Crippen LogP contribution >= 0.6 is 0 Å². The van der Waals surface area contributed by atoms with Crippen LogP contribution in [0.15, 0.2) is 11.1 Å². The van der Waals surface area contributed by atoms with E-state index in [1.165, 1.54) is 38.5 Å². The van der Waals surface area contributed by atoms with Crippen LogP contribution in [0.25, 0.3) is 0 Å². The summed E-state index contributed by atoms with van der Waals surface area (Å²) in [5, 5.41) is 9.30. The van der Waals surface area contributed by atoms with E-state index in [9.17, 15) is 5.11 Å². The lowest BCUT2D eigenvalue weighted by atomic mass is 9.63. The second-order valence-electron chi connectivity index (χ2n) is 6.46. The zero-order chi connectivity index (χ0) is 11.1. The summed E-state index contributed by atoms with van der Waals surface area (Å²) in [6.45, 7) is 2.40. The van der Waals surface area contributed by atoms with Crippen molar-refractivity contribution in [2.24, 2.45) is 17.8 Å². The molecular weight excluding hydrogens is 196 g/mol. The Morgan fingerprint density at radius 3 is 1.94 bits per heavy atom. The van der Waals surface area contributed by atoms with Crippen molar-refractivity contribution in [1.82, 2.24) is 0 Å². The maximum absolute atomic E-state index is 9.30. The van der Waals surface area contributed by atoms with Crippen LogP contribution in [0.2, 0.25) is 0 Å². The molecule has 0 bridgehead atoms. The molecule has 0 radical (unpaired) electrons. The second-order valence-corrected chi connectivity index (χ2v) is 6.46. The zero-order valence-electron chi connectivity index (χ0n) is 10.4. The Morgan fingerprint density at radius 1 is 0.812 bits per heavy atom. The minimum atomic E-state index is -0.00270. The molecule has 0 aromatic carbocycles. The topological polar surface area (TPSA) is 20.2 Å². The standard InChI is InChI=1S/C15H24O/c1-10-2-4-11(5-3-10)12-6-13(7-12)14-8-15(16)9-14/h10-12,15-16H,2-9H2,1H3/t10-,11-,12?,15?. The Kier molecular flexibility index (Phi) is 2.83. The summed E-state index contributed by atoms with van der Waals surface area (Å²) in [7, 11) is 0. The first kappa shape index (κ1) is 10.8. The molecule has 1 heteroatoms. The fourth-order valence-corrected chi connectivity index (χ4v) is 3.75. The van der Waals surface area contributed by atoms with Gasteiger partial charge in [0.05, 0.1) is 6.10 Å². The molecule has 0 heterocycles. The largest absolute Gasteiger partial charge is 0.392 e. The van der Waals surface area contributed by atoms with E-state index in [0.717, 1.165) is 30.6 Å². The lowest BCUT2D eigenvalue weighted by Crippen LogP contribution is -2.31. The molecule has 90 valence electrons. The maximum Gasteiger partial charge on any atom is 0.0614 e. The first-order chi connectivity index (χ1) is 7.72. The summed E-state index contributed by atoms with van der Waals surface area (Å²) in [5.74, 6) is 3.02. The fraction of sp³-hybridized carbons (Fsp3) is 0.867. The van der Waals surface area contributed by atoms with Crippen molar-refractivity contribution in [3.63, 3.8) is 0 Å². The van der Waals surface area contributed by atoms with E-state index in [1.54, 1.807) is 11.1 Å². The van der Waals surface area contributed by atoms with Gasteiger partial charge in [-0.2, -0.15) is 0 Å². The summed E-state index contributed by atoms with van der Waals surface area (Å²) < 4.78 is 0. The van der Waals surface area contributed by atoms with E-state index in [0.29, 0.717) is 0 Å². The third kappa shape index (κ3) is 1.95. The van der Waals surface area contributed by atoms with Crippen LogP contribution in [-0.2, 0) is 0 Å². The lowest BCUT2D eigenvalue weighted by molar-refractivity contribution is 0.127. The van der Waals surface area contributed by atoms with Gasteiger partial charge >= 0.3 is 0 Å². The Labute approximate surface area is 98.9 Å². The van der Waals surface area contributed by atoms with Crippen molar-refractivity contribution in [1.29, 1.82) is 0 Å². The first-order valence-electron chi connectivity index (χ1n) is 7.10. The van der Waals surface area contributed by atoms with Gasteiger partial charge in [-0.25, -0.2) is 0 Å². The van der Waals surface area contributed by atoms with Crippen LogP contribution in [0.1, 0.15) is 58.3 Å². The summed E-state index contributed by atoms with van der Waals surface area (Å²) in [6, 6.07) is 0. The molecule has 0 atom stereocenters. The molecule has 0 aromatic rings. The fourth-order valence-electron chi connectivity index (χ4n) is 3.75. The van der Waals surface area contributed by atoms with Crippen LogP contribution in [-0.4, -0.2) is 11.2 Å². The summed E-state index contributed by atoms with van der Waals surface area (Å²) in [5.41, 5.74) is 3.32. The van der Waals surface area contributed by atoms with Crippen LogP contribution in [0, 0.1) is 17.8 Å². The Balaban J connectivity index is 1.48. The third-order valence-electron chi connectivity index (χ3n) is 5.21. The van der Waals surface area contributed by atoms with Gasteiger partial charge in [0.25, 0.3) is 0 Å². The van der Waals surface area contributed by atoms with Crippen molar-refractivity contribution in [3.05, 3.63) is 11.1 Å². The zero-order valence-corrected chi connectivity index (χ0v) is 10.4. The van der Waals surface area contributed by atoms with E-state index in [-0.39, 0.29) is 6.10 Å². The molecule has 3 aliphatic rings. The van der Waals surface area contributed by atoms with E-state index in [2.05, 4.69) is 6.92 Å².